The van der Waals surface area contributed by atoms with Crippen LogP contribution in [-0.2, 0) is 6.42 Å². The molecule has 1 aromatic rings. The van der Waals surface area contributed by atoms with Gasteiger partial charge in [-0.1, -0.05) is 57.4 Å². The number of aryl methyl sites for hydroxylation is 2. The second-order valence-electron chi connectivity index (χ2n) is 3.65. The summed E-state index contributed by atoms with van der Waals surface area (Å²) in [7, 11) is 0. The highest BCUT2D eigenvalue weighted by Crippen LogP contribution is 2.09. The van der Waals surface area contributed by atoms with Gasteiger partial charge in [-0.25, -0.2) is 0 Å². The van der Waals surface area contributed by atoms with Gasteiger partial charge >= 0.3 is 0 Å². The minimum Gasteiger partial charge on any atom is -0.0925 e. The Labute approximate surface area is 95.2 Å². The summed E-state index contributed by atoms with van der Waals surface area (Å²) in [6.07, 6.45) is 6.64. The fourth-order valence-corrected chi connectivity index (χ4v) is 1.85. The lowest BCUT2D eigenvalue weighted by Gasteiger charge is -2.01. The Bertz CT molecular complexity index is 293. The van der Waals surface area contributed by atoms with E-state index < -0.39 is 0 Å². The first-order valence-electron chi connectivity index (χ1n) is 5.00. The van der Waals surface area contributed by atoms with Crippen LogP contribution in [0.3, 0.4) is 0 Å². The molecule has 76 valence electrons. The number of alkyl halides is 1. The molecule has 0 saturated heterocycles. The van der Waals surface area contributed by atoms with Crippen LogP contribution in [0.25, 0.3) is 0 Å². The molecular formula is C13H17Br. The Morgan fingerprint density at radius 2 is 1.71 bits per heavy atom. The molecule has 0 heterocycles. The Morgan fingerprint density at radius 3 is 2.29 bits per heavy atom. The third kappa shape index (κ3) is 4.10. The van der Waals surface area contributed by atoms with Crippen molar-refractivity contribution in [2.45, 2.75) is 26.7 Å². The molecule has 0 bridgehead atoms. The van der Waals surface area contributed by atoms with Crippen LogP contribution in [0.1, 0.15) is 23.1 Å². The Kier molecular flexibility index (Phi) is 4.95. The lowest BCUT2D eigenvalue weighted by Crippen LogP contribution is -1.85. The summed E-state index contributed by atoms with van der Waals surface area (Å²) < 4.78 is 0. The monoisotopic (exact) mass is 252 g/mol. The summed E-state index contributed by atoms with van der Waals surface area (Å²) in [6.45, 7) is 4.30. The summed E-state index contributed by atoms with van der Waals surface area (Å²) >= 11 is 3.41. The molecule has 0 aliphatic carbocycles. The summed E-state index contributed by atoms with van der Waals surface area (Å²) in [5.74, 6) is 0. The SMILES string of the molecule is Cc1cc(C)cc(CC=CCCBr)c1. The van der Waals surface area contributed by atoms with Crippen molar-refractivity contribution in [2.75, 3.05) is 5.33 Å². The minimum atomic E-state index is 1.05. The van der Waals surface area contributed by atoms with Gasteiger partial charge in [0.1, 0.15) is 0 Å². The fourth-order valence-electron chi connectivity index (χ4n) is 1.59. The summed E-state index contributed by atoms with van der Waals surface area (Å²) in [5, 5.41) is 1.05. The van der Waals surface area contributed by atoms with Gasteiger partial charge in [0.2, 0.25) is 0 Å². The Hall–Kier alpha value is -0.560. The lowest BCUT2D eigenvalue weighted by molar-refractivity contribution is 1.18. The third-order valence-corrected chi connectivity index (χ3v) is 2.54. The van der Waals surface area contributed by atoms with E-state index in [1.807, 2.05) is 0 Å². The maximum Gasteiger partial charge on any atom is 0.00659 e. The first-order valence-corrected chi connectivity index (χ1v) is 6.12. The molecule has 0 aliphatic rings. The number of halogens is 1. The van der Waals surface area contributed by atoms with Crippen LogP contribution >= 0.6 is 15.9 Å². The molecule has 1 rings (SSSR count). The van der Waals surface area contributed by atoms with E-state index in [-0.39, 0.29) is 0 Å². The maximum atomic E-state index is 3.41. The van der Waals surface area contributed by atoms with Crippen LogP contribution < -0.4 is 0 Å². The fraction of sp³-hybridized carbons (Fsp3) is 0.385. The van der Waals surface area contributed by atoms with E-state index in [0.717, 1.165) is 18.2 Å². The number of rotatable bonds is 4. The van der Waals surface area contributed by atoms with Gasteiger partial charge in [-0.2, -0.15) is 0 Å². The summed E-state index contributed by atoms with van der Waals surface area (Å²) in [6, 6.07) is 6.72. The molecule has 0 amide bonds. The molecule has 14 heavy (non-hydrogen) atoms. The first kappa shape index (κ1) is 11.5. The van der Waals surface area contributed by atoms with Gasteiger partial charge in [-0.15, -0.1) is 0 Å². The van der Waals surface area contributed by atoms with Gasteiger partial charge in [0.15, 0.2) is 0 Å². The molecule has 0 saturated carbocycles. The van der Waals surface area contributed by atoms with Gasteiger partial charge in [0, 0.05) is 5.33 Å². The van der Waals surface area contributed by atoms with Crippen LogP contribution in [0.5, 0.6) is 0 Å². The van der Waals surface area contributed by atoms with Crippen LogP contribution in [-0.4, -0.2) is 5.33 Å². The number of allylic oxidation sites excluding steroid dienone is 2. The molecule has 1 aromatic carbocycles. The van der Waals surface area contributed by atoms with Crippen molar-refractivity contribution in [3.8, 4) is 0 Å². The molecule has 0 aliphatic heterocycles. The highest BCUT2D eigenvalue weighted by molar-refractivity contribution is 9.09. The number of hydrogen-bond acceptors (Lipinski definition) is 0. The van der Waals surface area contributed by atoms with Crippen LogP contribution in [0.2, 0.25) is 0 Å². The normalized spacial score (nSPS) is 11.1. The average molecular weight is 253 g/mol. The van der Waals surface area contributed by atoms with E-state index in [2.05, 4.69) is 60.1 Å². The van der Waals surface area contributed by atoms with Gasteiger partial charge in [0.25, 0.3) is 0 Å². The second kappa shape index (κ2) is 6.02. The quantitative estimate of drug-likeness (QED) is 0.557. The zero-order chi connectivity index (χ0) is 10.4. The van der Waals surface area contributed by atoms with E-state index in [4.69, 9.17) is 0 Å². The van der Waals surface area contributed by atoms with E-state index in [0.29, 0.717) is 0 Å². The summed E-state index contributed by atoms with van der Waals surface area (Å²) in [4.78, 5) is 0. The van der Waals surface area contributed by atoms with Gasteiger partial charge < -0.3 is 0 Å². The van der Waals surface area contributed by atoms with Crippen LogP contribution in [0, 0.1) is 13.8 Å². The van der Waals surface area contributed by atoms with E-state index in [9.17, 15) is 0 Å². The predicted octanol–water partition coefficient (Wildman–Crippen LogP) is 4.19. The highest BCUT2D eigenvalue weighted by Gasteiger charge is 1.93. The molecule has 0 spiro atoms. The molecule has 0 radical (unpaired) electrons. The van der Waals surface area contributed by atoms with Crippen LogP contribution in [0.4, 0.5) is 0 Å². The highest BCUT2D eigenvalue weighted by atomic mass is 79.9. The zero-order valence-corrected chi connectivity index (χ0v) is 10.5. The van der Waals surface area contributed by atoms with Crippen molar-refractivity contribution in [1.29, 1.82) is 0 Å². The van der Waals surface area contributed by atoms with E-state index >= 15 is 0 Å². The van der Waals surface area contributed by atoms with Crippen molar-refractivity contribution in [3.63, 3.8) is 0 Å². The zero-order valence-electron chi connectivity index (χ0n) is 8.89. The van der Waals surface area contributed by atoms with Gasteiger partial charge in [0.05, 0.1) is 0 Å². The van der Waals surface area contributed by atoms with Crippen molar-refractivity contribution in [1.82, 2.24) is 0 Å². The van der Waals surface area contributed by atoms with Crippen molar-refractivity contribution >= 4 is 15.9 Å². The smallest absolute Gasteiger partial charge is 0.00659 e. The third-order valence-electron chi connectivity index (χ3n) is 2.08. The lowest BCUT2D eigenvalue weighted by atomic mass is 10.0. The summed E-state index contributed by atoms with van der Waals surface area (Å²) in [5.41, 5.74) is 4.12. The van der Waals surface area contributed by atoms with Crippen molar-refractivity contribution in [2.24, 2.45) is 0 Å². The average Bonchev–Trinajstić information content (AvgIpc) is 2.11. The second-order valence-corrected chi connectivity index (χ2v) is 4.44. The Balaban J connectivity index is 2.58. The molecule has 0 unspecified atom stereocenters. The standard InChI is InChI=1S/C13H17Br/c1-11-8-12(2)10-13(9-11)6-4-3-5-7-14/h3-4,8-10H,5-7H2,1-2H3. The minimum absolute atomic E-state index is 1.05. The van der Waals surface area contributed by atoms with Crippen molar-refractivity contribution in [3.05, 3.63) is 47.0 Å². The topological polar surface area (TPSA) is 0 Å². The molecule has 0 nitrogen and oxygen atoms in total. The molecule has 0 aromatic heterocycles. The first-order chi connectivity index (χ1) is 6.72. The van der Waals surface area contributed by atoms with Gasteiger partial charge in [-0.05, 0) is 32.3 Å². The molecule has 0 fully saturated rings. The maximum absolute atomic E-state index is 3.41. The van der Waals surface area contributed by atoms with Crippen molar-refractivity contribution < 1.29 is 0 Å². The van der Waals surface area contributed by atoms with E-state index in [1.54, 1.807) is 0 Å². The molecular weight excluding hydrogens is 236 g/mol. The molecule has 0 N–H and O–H groups in total. The number of hydrogen-bond donors (Lipinski definition) is 0. The van der Waals surface area contributed by atoms with E-state index in [1.165, 1.54) is 16.7 Å². The Morgan fingerprint density at radius 1 is 1.07 bits per heavy atom. The molecule has 0 atom stereocenters. The largest absolute Gasteiger partial charge is 0.0925 e. The van der Waals surface area contributed by atoms with Crippen LogP contribution in [0.15, 0.2) is 30.4 Å². The number of benzene rings is 1. The van der Waals surface area contributed by atoms with Gasteiger partial charge in [-0.3, -0.25) is 0 Å². The molecule has 1 heteroatoms. The predicted molar refractivity (Wildman–Crippen MR) is 67.2 cm³/mol.